The highest BCUT2D eigenvalue weighted by Gasteiger charge is 2.28. The second kappa shape index (κ2) is 8.83. The van der Waals surface area contributed by atoms with Crippen molar-refractivity contribution in [1.82, 2.24) is 4.90 Å². The van der Waals surface area contributed by atoms with Crippen molar-refractivity contribution < 1.29 is 19.2 Å². The molecule has 0 spiro atoms. The number of carbonyl (C=O) groups is 2. The van der Waals surface area contributed by atoms with Crippen LogP contribution >= 0.6 is 11.3 Å². The fourth-order valence-corrected chi connectivity index (χ4v) is 4.11. The summed E-state index contributed by atoms with van der Waals surface area (Å²) in [7, 11) is 0. The third-order valence-electron chi connectivity index (χ3n) is 4.36. The van der Waals surface area contributed by atoms with Gasteiger partial charge in [0.15, 0.2) is 6.54 Å². The van der Waals surface area contributed by atoms with Crippen LogP contribution in [-0.4, -0.2) is 49.7 Å². The Morgan fingerprint density at radius 3 is 2.68 bits per heavy atom. The van der Waals surface area contributed by atoms with Crippen molar-refractivity contribution in [3.8, 4) is 6.07 Å². The zero-order valence-corrected chi connectivity index (χ0v) is 15.8. The molecule has 0 aromatic carbocycles. The smallest absolute Gasteiger partial charge is 0.410 e. The molecule has 1 aromatic rings. The van der Waals surface area contributed by atoms with Crippen molar-refractivity contribution in [1.29, 1.82) is 5.26 Å². The number of thiophene rings is 1. The predicted molar refractivity (Wildman–Crippen MR) is 95.7 cm³/mol. The molecule has 1 aliphatic rings. The second-order valence-corrected chi connectivity index (χ2v) is 6.98. The Hall–Kier alpha value is -2.11. The Morgan fingerprint density at radius 2 is 2.08 bits per heavy atom. The average Bonchev–Trinajstić information content (AvgIpc) is 2.95. The van der Waals surface area contributed by atoms with Gasteiger partial charge in [-0.25, -0.2) is 4.79 Å². The molecule has 25 heavy (non-hydrogen) atoms. The number of nitriles is 1. The van der Waals surface area contributed by atoms with Gasteiger partial charge in [-0.3, -0.25) is 4.79 Å². The molecule has 2 rings (SSSR count). The fraction of sp³-hybridized carbons (Fsp3) is 0.588. The number of ether oxygens (including phenoxy) is 1. The van der Waals surface area contributed by atoms with Gasteiger partial charge in [-0.1, -0.05) is 0 Å². The normalized spacial score (nSPS) is 13.3. The lowest BCUT2D eigenvalue weighted by molar-refractivity contribution is -0.888. The summed E-state index contributed by atoms with van der Waals surface area (Å²) in [6.45, 7) is 9.29. The number of carbonyl (C=O) groups excluding carboxylic acids is 2. The number of quaternary nitrogens is 1. The van der Waals surface area contributed by atoms with E-state index >= 15 is 0 Å². The van der Waals surface area contributed by atoms with E-state index in [1.54, 1.807) is 11.8 Å². The Bertz CT molecular complexity index is 676. The maximum atomic E-state index is 12.3. The van der Waals surface area contributed by atoms with E-state index in [9.17, 15) is 14.9 Å². The fourth-order valence-electron chi connectivity index (χ4n) is 2.88. The molecule has 0 fully saturated rings. The largest absolute Gasteiger partial charge is 0.450 e. The monoisotopic (exact) mass is 365 g/mol. The first kappa shape index (κ1) is 19.2. The lowest BCUT2D eigenvalue weighted by atomic mass is 10.0. The van der Waals surface area contributed by atoms with E-state index in [4.69, 9.17) is 4.74 Å². The summed E-state index contributed by atoms with van der Waals surface area (Å²) in [6, 6.07) is 2.21. The quantitative estimate of drug-likeness (QED) is 0.787. The number of anilines is 1. The SMILES string of the molecule is CCOC(=O)N1CCc2c(sc(NC(=O)C[NH+](CC)CC)c2C#N)C1. The Balaban J connectivity index is 2.13. The lowest BCUT2D eigenvalue weighted by Gasteiger charge is -2.25. The van der Waals surface area contributed by atoms with Gasteiger partial charge >= 0.3 is 6.09 Å². The van der Waals surface area contributed by atoms with Crippen molar-refractivity contribution in [2.75, 3.05) is 38.1 Å². The van der Waals surface area contributed by atoms with Crippen molar-refractivity contribution in [2.45, 2.75) is 33.7 Å². The Morgan fingerprint density at radius 1 is 1.36 bits per heavy atom. The third-order valence-corrected chi connectivity index (χ3v) is 5.49. The molecule has 0 saturated heterocycles. The van der Waals surface area contributed by atoms with E-state index < -0.39 is 0 Å². The van der Waals surface area contributed by atoms with Crippen molar-refractivity contribution >= 4 is 28.3 Å². The molecule has 2 heterocycles. The van der Waals surface area contributed by atoms with Crippen LogP contribution < -0.4 is 10.2 Å². The minimum absolute atomic E-state index is 0.0870. The predicted octanol–water partition coefficient (Wildman–Crippen LogP) is 0.998. The van der Waals surface area contributed by atoms with Crippen LogP contribution in [0.15, 0.2) is 0 Å². The molecule has 2 amide bonds. The van der Waals surface area contributed by atoms with E-state index in [-0.39, 0.29) is 12.0 Å². The molecule has 136 valence electrons. The highest BCUT2D eigenvalue weighted by Crippen LogP contribution is 2.36. The summed E-state index contributed by atoms with van der Waals surface area (Å²) in [6.07, 6.45) is 0.265. The minimum Gasteiger partial charge on any atom is -0.450 e. The zero-order valence-electron chi connectivity index (χ0n) is 15.0. The number of amides is 2. The summed E-state index contributed by atoms with van der Waals surface area (Å²) in [4.78, 5) is 27.9. The maximum absolute atomic E-state index is 12.3. The molecule has 1 aliphatic heterocycles. The van der Waals surface area contributed by atoms with Crippen molar-refractivity contribution in [3.05, 3.63) is 16.0 Å². The number of rotatable bonds is 6. The van der Waals surface area contributed by atoms with Gasteiger partial charge in [0.2, 0.25) is 0 Å². The number of fused-ring (bicyclic) bond motifs is 1. The Labute approximate surface area is 152 Å². The highest BCUT2D eigenvalue weighted by atomic mass is 32.1. The van der Waals surface area contributed by atoms with Gasteiger partial charge in [0.05, 0.1) is 31.8 Å². The summed E-state index contributed by atoms with van der Waals surface area (Å²) in [5, 5.41) is 13.0. The van der Waals surface area contributed by atoms with E-state index in [1.807, 2.05) is 13.8 Å². The molecule has 8 heteroatoms. The number of hydrogen-bond donors (Lipinski definition) is 2. The first-order valence-electron chi connectivity index (χ1n) is 8.63. The molecule has 0 radical (unpaired) electrons. The minimum atomic E-state index is -0.337. The van der Waals surface area contributed by atoms with Crippen LogP contribution in [0.25, 0.3) is 0 Å². The molecule has 0 atom stereocenters. The van der Waals surface area contributed by atoms with E-state index in [0.29, 0.717) is 43.2 Å². The Kier molecular flexibility index (Phi) is 6.79. The molecular weight excluding hydrogens is 340 g/mol. The first-order chi connectivity index (χ1) is 12.0. The molecule has 1 aromatic heterocycles. The van der Waals surface area contributed by atoms with E-state index in [1.165, 1.54) is 16.2 Å². The van der Waals surface area contributed by atoms with Gasteiger partial charge in [0, 0.05) is 11.4 Å². The third kappa shape index (κ3) is 4.50. The molecule has 0 aliphatic carbocycles. The molecule has 0 bridgehead atoms. The van der Waals surface area contributed by atoms with Crippen LogP contribution in [0.4, 0.5) is 9.80 Å². The van der Waals surface area contributed by atoms with E-state index in [2.05, 4.69) is 11.4 Å². The van der Waals surface area contributed by atoms with Gasteiger partial charge in [-0.2, -0.15) is 5.26 Å². The van der Waals surface area contributed by atoms with Crippen molar-refractivity contribution in [3.63, 3.8) is 0 Å². The first-order valence-corrected chi connectivity index (χ1v) is 9.45. The van der Waals surface area contributed by atoms with Crippen LogP contribution in [0, 0.1) is 11.3 Å². The van der Waals surface area contributed by atoms with Gasteiger partial charge in [0.1, 0.15) is 11.1 Å². The zero-order chi connectivity index (χ0) is 18.4. The summed E-state index contributed by atoms with van der Waals surface area (Å²) < 4.78 is 5.05. The molecular formula is C17H25N4O3S+. The number of nitrogens with zero attached hydrogens (tertiary/aromatic N) is 2. The van der Waals surface area contributed by atoms with Crippen LogP contribution in [0.3, 0.4) is 0 Å². The lowest BCUT2D eigenvalue weighted by Crippen LogP contribution is -3.12. The van der Waals surface area contributed by atoms with Gasteiger partial charge in [0.25, 0.3) is 5.91 Å². The van der Waals surface area contributed by atoms with Crippen LogP contribution in [-0.2, 0) is 22.5 Å². The maximum Gasteiger partial charge on any atom is 0.410 e. The summed E-state index contributed by atoms with van der Waals surface area (Å²) >= 11 is 1.38. The number of likely N-dealkylation sites (N-methyl/N-ethyl adjacent to an activating group) is 1. The molecule has 2 N–H and O–H groups in total. The van der Waals surface area contributed by atoms with Gasteiger partial charge < -0.3 is 19.9 Å². The molecule has 0 unspecified atom stereocenters. The summed E-state index contributed by atoms with van der Waals surface area (Å²) in [5.74, 6) is -0.0870. The van der Waals surface area contributed by atoms with E-state index in [0.717, 1.165) is 23.5 Å². The number of nitrogens with one attached hydrogen (secondary N) is 2. The second-order valence-electron chi connectivity index (χ2n) is 5.87. The van der Waals surface area contributed by atoms with Crippen LogP contribution in [0.2, 0.25) is 0 Å². The number of hydrogen-bond acceptors (Lipinski definition) is 5. The van der Waals surface area contributed by atoms with Gasteiger partial charge in [-0.15, -0.1) is 11.3 Å². The van der Waals surface area contributed by atoms with Crippen LogP contribution in [0.5, 0.6) is 0 Å². The van der Waals surface area contributed by atoms with Crippen LogP contribution in [0.1, 0.15) is 36.8 Å². The average molecular weight is 365 g/mol. The topological polar surface area (TPSA) is 86.9 Å². The molecule has 0 saturated carbocycles. The highest BCUT2D eigenvalue weighted by molar-refractivity contribution is 7.16. The summed E-state index contributed by atoms with van der Waals surface area (Å²) in [5.41, 5.74) is 1.48. The van der Waals surface area contributed by atoms with Crippen molar-refractivity contribution in [2.24, 2.45) is 0 Å². The standard InChI is InChI=1S/C17H24N4O3S/c1-4-20(5-2)11-15(22)19-16-13(9-18)12-7-8-21(10-14(12)25-16)17(23)24-6-3/h4-8,10-11H2,1-3H3,(H,19,22)/p+1. The van der Waals surface area contributed by atoms with Gasteiger partial charge in [-0.05, 0) is 32.8 Å². The molecule has 7 nitrogen and oxygen atoms in total.